The number of hydrogen-bond donors (Lipinski definition) is 0. The molecule has 18 heavy (non-hydrogen) atoms. The van der Waals surface area contributed by atoms with Crippen LogP contribution in [0, 0.1) is 13.8 Å². The summed E-state index contributed by atoms with van der Waals surface area (Å²) < 4.78 is 5.51. The number of fused-ring (bicyclic) bond motifs is 1. The summed E-state index contributed by atoms with van der Waals surface area (Å²) >= 11 is 1.41. The molecule has 0 saturated carbocycles. The molecule has 3 aromatic heterocycles. The van der Waals surface area contributed by atoms with E-state index in [0.717, 1.165) is 11.3 Å². The highest BCUT2D eigenvalue weighted by molar-refractivity contribution is 7.12. The second-order valence-electron chi connectivity index (χ2n) is 3.99. The van der Waals surface area contributed by atoms with Gasteiger partial charge in [-0.2, -0.15) is 0 Å². The van der Waals surface area contributed by atoms with Crippen molar-refractivity contribution in [2.24, 2.45) is 0 Å². The molecule has 0 aromatic carbocycles. The van der Waals surface area contributed by atoms with Gasteiger partial charge >= 0.3 is 0 Å². The SMILES string of the molecule is Cc1oc2ncnc(C(=O)c3cccs3)c2c1C. The highest BCUT2D eigenvalue weighted by atomic mass is 32.1. The monoisotopic (exact) mass is 258 g/mol. The van der Waals surface area contributed by atoms with Crippen molar-refractivity contribution in [1.29, 1.82) is 0 Å². The maximum absolute atomic E-state index is 12.4. The second-order valence-corrected chi connectivity index (χ2v) is 4.94. The third-order valence-electron chi connectivity index (χ3n) is 2.93. The first-order valence-corrected chi connectivity index (χ1v) is 6.35. The molecule has 0 atom stereocenters. The summed E-state index contributed by atoms with van der Waals surface area (Å²) in [4.78, 5) is 21.2. The van der Waals surface area contributed by atoms with E-state index in [4.69, 9.17) is 4.42 Å². The first-order chi connectivity index (χ1) is 8.68. The van der Waals surface area contributed by atoms with Crippen molar-refractivity contribution in [3.63, 3.8) is 0 Å². The van der Waals surface area contributed by atoms with Crippen LogP contribution in [0.3, 0.4) is 0 Å². The van der Waals surface area contributed by atoms with Crippen LogP contribution >= 0.6 is 11.3 Å². The van der Waals surface area contributed by atoms with E-state index in [0.29, 0.717) is 21.7 Å². The fraction of sp³-hybridized carbons (Fsp3) is 0.154. The van der Waals surface area contributed by atoms with E-state index < -0.39 is 0 Å². The van der Waals surface area contributed by atoms with Gasteiger partial charge in [-0.3, -0.25) is 4.79 Å². The van der Waals surface area contributed by atoms with Crippen LogP contribution in [0.5, 0.6) is 0 Å². The Morgan fingerprint density at radius 2 is 2.17 bits per heavy atom. The number of nitrogens with zero attached hydrogens (tertiary/aromatic N) is 2. The Hall–Kier alpha value is -2.01. The van der Waals surface area contributed by atoms with Crippen molar-refractivity contribution in [2.75, 3.05) is 0 Å². The zero-order valence-corrected chi connectivity index (χ0v) is 10.7. The number of carbonyl (C=O) groups is 1. The van der Waals surface area contributed by atoms with Crippen molar-refractivity contribution >= 4 is 28.2 Å². The number of rotatable bonds is 2. The maximum Gasteiger partial charge on any atom is 0.230 e. The van der Waals surface area contributed by atoms with Crippen LogP contribution in [0.1, 0.15) is 26.7 Å². The Bertz CT molecular complexity index is 729. The van der Waals surface area contributed by atoms with Crippen molar-refractivity contribution in [3.8, 4) is 0 Å². The minimum atomic E-state index is -0.0821. The molecular weight excluding hydrogens is 248 g/mol. The van der Waals surface area contributed by atoms with Gasteiger partial charge in [0.2, 0.25) is 11.5 Å². The summed E-state index contributed by atoms with van der Waals surface area (Å²) in [6.07, 6.45) is 1.37. The Balaban J connectivity index is 2.26. The predicted octanol–water partition coefficient (Wildman–Crippen LogP) is 3.13. The minimum Gasteiger partial charge on any atom is -0.443 e. The van der Waals surface area contributed by atoms with Gasteiger partial charge in [-0.25, -0.2) is 9.97 Å². The Morgan fingerprint density at radius 3 is 2.89 bits per heavy atom. The number of aryl methyl sites for hydroxylation is 2. The quantitative estimate of drug-likeness (QED) is 0.663. The van der Waals surface area contributed by atoms with E-state index in [1.807, 2.05) is 25.3 Å². The molecule has 0 bridgehead atoms. The van der Waals surface area contributed by atoms with Crippen LogP contribution in [-0.4, -0.2) is 15.8 Å². The van der Waals surface area contributed by atoms with Crippen LogP contribution in [0.4, 0.5) is 0 Å². The van der Waals surface area contributed by atoms with Crippen molar-refractivity contribution in [2.45, 2.75) is 13.8 Å². The largest absolute Gasteiger partial charge is 0.443 e. The van der Waals surface area contributed by atoms with Gasteiger partial charge in [0.15, 0.2) is 0 Å². The third kappa shape index (κ3) is 1.55. The standard InChI is InChI=1S/C13H10N2O2S/c1-7-8(2)17-13-10(7)11(14-6-15-13)12(16)9-4-3-5-18-9/h3-6H,1-2H3. The molecule has 0 aliphatic heterocycles. The summed E-state index contributed by atoms with van der Waals surface area (Å²) in [6.45, 7) is 3.77. The van der Waals surface area contributed by atoms with Crippen LogP contribution in [0.25, 0.3) is 11.1 Å². The molecule has 3 rings (SSSR count). The zero-order chi connectivity index (χ0) is 12.7. The van der Waals surface area contributed by atoms with Gasteiger partial charge in [0.1, 0.15) is 17.8 Å². The molecular formula is C13H10N2O2S. The highest BCUT2D eigenvalue weighted by Crippen LogP contribution is 2.27. The lowest BCUT2D eigenvalue weighted by molar-refractivity contribution is 0.103. The van der Waals surface area contributed by atoms with Crippen molar-refractivity contribution < 1.29 is 9.21 Å². The van der Waals surface area contributed by atoms with Crippen molar-refractivity contribution in [3.05, 3.63) is 45.7 Å². The molecule has 4 nitrogen and oxygen atoms in total. The Morgan fingerprint density at radius 1 is 1.33 bits per heavy atom. The van der Waals surface area contributed by atoms with E-state index in [-0.39, 0.29) is 5.78 Å². The molecule has 0 fully saturated rings. The van der Waals surface area contributed by atoms with E-state index in [2.05, 4.69) is 9.97 Å². The number of carbonyl (C=O) groups excluding carboxylic acids is 1. The lowest BCUT2D eigenvalue weighted by Crippen LogP contribution is -2.03. The molecule has 3 aromatic rings. The molecule has 0 aliphatic carbocycles. The summed E-state index contributed by atoms with van der Waals surface area (Å²) in [5.41, 5.74) is 1.81. The van der Waals surface area contributed by atoms with Crippen molar-refractivity contribution in [1.82, 2.24) is 9.97 Å². The van der Waals surface area contributed by atoms with Crippen LogP contribution in [0.15, 0.2) is 28.3 Å². The molecule has 0 N–H and O–H groups in total. The van der Waals surface area contributed by atoms with Gasteiger partial charge in [0, 0.05) is 5.56 Å². The Kier molecular flexibility index (Phi) is 2.48. The number of thiophene rings is 1. The van der Waals surface area contributed by atoms with Gasteiger partial charge in [-0.15, -0.1) is 11.3 Å². The van der Waals surface area contributed by atoms with Gasteiger partial charge in [-0.05, 0) is 25.3 Å². The van der Waals surface area contributed by atoms with Crippen LogP contribution in [-0.2, 0) is 0 Å². The molecule has 0 spiro atoms. The van der Waals surface area contributed by atoms with Crippen LogP contribution < -0.4 is 0 Å². The Labute approximate surface area is 107 Å². The zero-order valence-electron chi connectivity index (χ0n) is 9.93. The number of aromatic nitrogens is 2. The summed E-state index contributed by atoms with van der Waals surface area (Å²) in [5, 5.41) is 2.59. The molecule has 90 valence electrons. The number of furan rings is 1. The highest BCUT2D eigenvalue weighted by Gasteiger charge is 2.20. The predicted molar refractivity (Wildman–Crippen MR) is 69.0 cm³/mol. The van der Waals surface area contributed by atoms with Gasteiger partial charge in [-0.1, -0.05) is 6.07 Å². The van der Waals surface area contributed by atoms with Gasteiger partial charge < -0.3 is 4.42 Å². The summed E-state index contributed by atoms with van der Waals surface area (Å²) in [5.74, 6) is 0.687. The number of hydrogen-bond acceptors (Lipinski definition) is 5. The lowest BCUT2D eigenvalue weighted by atomic mass is 10.1. The third-order valence-corrected chi connectivity index (χ3v) is 3.79. The summed E-state index contributed by atoms with van der Waals surface area (Å²) in [6, 6.07) is 3.65. The maximum atomic E-state index is 12.4. The van der Waals surface area contributed by atoms with Crippen LogP contribution in [0.2, 0.25) is 0 Å². The second kappa shape index (κ2) is 4.03. The number of ketones is 1. The fourth-order valence-corrected chi connectivity index (χ4v) is 2.54. The van der Waals surface area contributed by atoms with E-state index in [9.17, 15) is 4.79 Å². The first kappa shape index (κ1) is 11.1. The molecule has 0 amide bonds. The molecule has 3 heterocycles. The van der Waals surface area contributed by atoms with E-state index in [1.54, 1.807) is 6.07 Å². The van der Waals surface area contributed by atoms with E-state index >= 15 is 0 Å². The molecule has 5 heteroatoms. The van der Waals surface area contributed by atoms with E-state index in [1.165, 1.54) is 17.7 Å². The first-order valence-electron chi connectivity index (χ1n) is 5.47. The fourth-order valence-electron chi connectivity index (χ4n) is 1.88. The van der Waals surface area contributed by atoms with Gasteiger partial charge in [0.25, 0.3) is 0 Å². The smallest absolute Gasteiger partial charge is 0.230 e. The lowest BCUT2D eigenvalue weighted by Gasteiger charge is -1.99. The molecule has 0 saturated heterocycles. The topological polar surface area (TPSA) is 56.0 Å². The average molecular weight is 258 g/mol. The molecule has 0 unspecified atom stereocenters. The molecule has 0 radical (unpaired) electrons. The van der Waals surface area contributed by atoms with Gasteiger partial charge in [0.05, 0.1) is 10.3 Å². The molecule has 0 aliphatic rings. The normalized spacial score (nSPS) is 11.0. The minimum absolute atomic E-state index is 0.0821. The average Bonchev–Trinajstić information content (AvgIpc) is 2.98. The summed E-state index contributed by atoms with van der Waals surface area (Å²) in [7, 11) is 0.